The number of aromatic nitrogens is 1. The summed E-state index contributed by atoms with van der Waals surface area (Å²) in [6.45, 7) is 2.31. The summed E-state index contributed by atoms with van der Waals surface area (Å²) in [4.78, 5) is 68.5. The Morgan fingerprint density at radius 2 is 1.63 bits per heavy atom. The van der Waals surface area contributed by atoms with Crippen LogP contribution in [0.15, 0.2) is 79.0 Å². The molecule has 0 saturated carbocycles. The minimum atomic E-state index is -0.614. The van der Waals surface area contributed by atoms with Gasteiger partial charge in [-0.1, -0.05) is 67.3 Å². The smallest absolute Gasteiger partial charge is 0.255 e. The largest absolute Gasteiger partial charge is 0.457 e. The Morgan fingerprint density at radius 3 is 2.42 bits per heavy atom. The van der Waals surface area contributed by atoms with Gasteiger partial charge in [-0.15, -0.1) is 0 Å². The number of benzene rings is 3. The highest BCUT2D eigenvalue weighted by molar-refractivity contribution is 6.31. The molecule has 9 nitrogen and oxygen atoms in total. The van der Waals surface area contributed by atoms with Gasteiger partial charge in [-0.2, -0.15) is 0 Å². The van der Waals surface area contributed by atoms with E-state index in [0.29, 0.717) is 60.0 Å². The minimum Gasteiger partial charge on any atom is -0.457 e. The number of nitrogens with zero attached hydrogens (tertiary/aromatic N) is 2. The number of carbonyl (C=O) groups excluding carboxylic acids is 5. The number of pyridine rings is 1. The molecule has 52 heavy (non-hydrogen) atoms. The summed E-state index contributed by atoms with van der Waals surface area (Å²) in [6, 6.07) is 21.5. The fraction of sp³-hybridized carbons (Fsp3) is 0.333. The first kappa shape index (κ1) is 36.6. The van der Waals surface area contributed by atoms with Crippen molar-refractivity contribution in [1.82, 2.24) is 15.2 Å². The van der Waals surface area contributed by atoms with Crippen molar-refractivity contribution in [3.05, 3.63) is 123 Å². The van der Waals surface area contributed by atoms with E-state index in [9.17, 15) is 24.0 Å². The second-order valence-electron chi connectivity index (χ2n) is 13.6. The fourth-order valence-corrected chi connectivity index (χ4v) is 7.03. The molecule has 1 unspecified atom stereocenters. The summed E-state index contributed by atoms with van der Waals surface area (Å²) >= 11 is 6.10. The van der Waals surface area contributed by atoms with Crippen molar-refractivity contribution in [1.29, 1.82) is 0 Å². The van der Waals surface area contributed by atoms with Gasteiger partial charge in [0.15, 0.2) is 5.78 Å². The van der Waals surface area contributed by atoms with Crippen molar-refractivity contribution in [3.63, 3.8) is 0 Å². The number of rotatable bonds is 16. The van der Waals surface area contributed by atoms with Crippen molar-refractivity contribution in [2.45, 2.75) is 90.1 Å². The maximum absolute atomic E-state index is 13.1. The SMILES string of the molecule is Cc1cc(CC(=O)Cc2ccc(Oc3ccnc(C(=O)CCCCCCCc4cccc5c4CN(C4CCC(=O)NC4=O)C5=O)c3)cc2)ccc1Cl. The van der Waals surface area contributed by atoms with Gasteiger partial charge in [0, 0.05) is 55.1 Å². The van der Waals surface area contributed by atoms with Gasteiger partial charge < -0.3 is 9.64 Å². The summed E-state index contributed by atoms with van der Waals surface area (Å²) in [5.74, 6) is 0.372. The molecule has 0 spiro atoms. The summed E-state index contributed by atoms with van der Waals surface area (Å²) in [6.07, 6.45) is 8.70. The molecule has 4 aromatic rings. The number of hydrogen-bond donors (Lipinski definition) is 1. The molecule has 1 fully saturated rings. The molecule has 0 bridgehead atoms. The van der Waals surface area contributed by atoms with Crippen LogP contribution in [0.2, 0.25) is 5.02 Å². The maximum Gasteiger partial charge on any atom is 0.255 e. The second kappa shape index (κ2) is 16.9. The van der Waals surface area contributed by atoms with E-state index in [4.69, 9.17) is 16.3 Å². The summed E-state index contributed by atoms with van der Waals surface area (Å²) < 4.78 is 5.99. The molecule has 0 radical (unpaired) electrons. The van der Waals surface area contributed by atoms with E-state index in [-0.39, 0.29) is 29.8 Å². The van der Waals surface area contributed by atoms with Gasteiger partial charge in [0.25, 0.3) is 5.91 Å². The van der Waals surface area contributed by atoms with E-state index in [1.54, 1.807) is 23.2 Å². The first-order chi connectivity index (χ1) is 25.1. The monoisotopic (exact) mass is 719 g/mol. The summed E-state index contributed by atoms with van der Waals surface area (Å²) in [7, 11) is 0. The number of hydrogen-bond acceptors (Lipinski definition) is 7. The Labute approximate surface area is 308 Å². The molecule has 1 N–H and O–H groups in total. The zero-order valence-corrected chi connectivity index (χ0v) is 30.0. The van der Waals surface area contributed by atoms with Gasteiger partial charge in [-0.05, 0) is 90.8 Å². The van der Waals surface area contributed by atoms with Gasteiger partial charge in [0.2, 0.25) is 11.8 Å². The highest BCUT2D eigenvalue weighted by atomic mass is 35.5. The number of fused-ring (bicyclic) bond motifs is 1. The molecule has 2 aliphatic heterocycles. The van der Waals surface area contributed by atoms with Crippen molar-refractivity contribution in [3.8, 4) is 11.5 Å². The van der Waals surface area contributed by atoms with Gasteiger partial charge >= 0.3 is 0 Å². The lowest BCUT2D eigenvalue weighted by molar-refractivity contribution is -0.137. The second-order valence-corrected chi connectivity index (χ2v) is 14.0. The molecule has 268 valence electrons. The molecular formula is C42H42ClN3O6. The van der Waals surface area contributed by atoms with Crippen molar-refractivity contribution < 1.29 is 28.7 Å². The van der Waals surface area contributed by atoms with Gasteiger partial charge in [-0.3, -0.25) is 34.3 Å². The minimum absolute atomic E-state index is 0.0275. The third-order valence-corrected chi connectivity index (χ3v) is 10.2. The van der Waals surface area contributed by atoms with Gasteiger partial charge in [0.1, 0.15) is 29.0 Å². The van der Waals surface area contributed by atoms with Crippen LogP contribution in [0.5, 0.6) is 11.5 Å². The molecule has 3 aromatic carbocycles. The predicted octanol–water partition coefficient (Wildman–Crippen LogP) is 7.72. The van der Waals surface area contributed by atoms with Crippen molar-refractivity contribution in [2.75, 3.05) is 0 Å². The number of Topliss-reactive ketones (excluding diaryl/α,β-unsaturated/α-hetero) is 2. The molecule has 10 heteroatoms. The first-order valence-electron chi connectivity index (χ1n) is 17.9. The van der Waals surface area contributed by atoms with Crippen LogP contribution in [-0.2, 0) is 40.2 Å². The molecule has 1 aromatic heterocycles. The first-order valence-corrected chi connectivity index (χ1v) is 18.3. The van der Waals surface area contributed by atoms with Crippen LogP contribution in [0.25, 0.3) is 0 Å². The van der Waals surface area contributed by atoms with E-state index >= 15 is 0 Å². The zero-order chi connectivity index (χ0) is 36.6. The fourth-order valence-electron chi connectivity index (χ4n) is 6.92. The molecule has 2 aliphatic rings. The number of nitrogens with one attached hydrogen (secondary N) is 1. The number of ketones is 2. The Balaban J connectivity index is 0.901. The number of aryl methyl sites for hydroxylation is 2. The number of carbonyl (C=O) groups is 5. The lowest BCUT2D eigenvalue weighted by Crippen LogP contribution is -2.52. The molecular weight excluding hydrogens is 678 g/mol. The predicted molar refractivity (Wildman–Crippen MR) is 198 cm³/mol. The number of amides is 3. The van der Waals surface area contributed by atoms with Gasteiger partial charge in [-0.25, -0.2) is 0 Å². The molecule has 0 aliphatic carbocycles. The van der Waals surface area contributed by atoms with E-state index in [1.807, 2.05) is 67.6 Å². The lowest BCUT2D eigenvalue weighted by atomic mass is 9.97. The van der Waals surface area contributed by atoms with Crippen molar-refractivity contribution >= 4 is 40.9 Å². The molecule has 6 rings (SSSR count). The third-order valence-electron chi connectivity index (χ3n) is 9.73. The van der Waals surface area contributed by atoms with Crippen LogP contribution in [-0.4, -0.2) is 45.2 Å². The highest BCUT2D eigenvalue weighted by Crippen LogP contribution is 2.31. The van der Waals surface area contributed by atoms with Crippen molar-refractivity contribution in [2.24, 2.45) is 0 Å². The maximum atomic E-state index is 13.1. The van der Waals surface area contributed by atoms with Crippen LogP contribution in [0, 0.1) is 6.92 Å². The zero-order valence-electron chi connectivity index (χ0n) is 29.3. The number of unbranched alkanes of at least 4 members (excludes halogenated alkanes) is 4. The quantitative estimate of drug-likeness (QED) is 0.0715. The third kappa shape index (κ3) is 9.19. The number of halogens is 1. The Morgan fingerprint density at radius 1 is 0.885 bits per heavy atom. The molecule has 1 saturated heterocycles. The number of ether oxygens (including phenoxy) is 1. The van der Waals surface area contributed by atoms with Crippen LogP contribution < -0.4 is 10.1 Å². The normalized spacial score (nSPS) is 15.4. The Hall–Kier alpha value is -5.15. The van der Waals surface area contributed by atoms with Crippen LogP contribution in [0.3, 0.4) is 0 Å². The van der Waals surface area contributed by atoms with Crippen LogP contribution >= 0.6 is 11.6 Å². The average Bonchev–Trinajstić information content (AvgIpc) is 3.46. The number of imide groups is 1. The topological polar surface area (TPSA) is 123 Å². The lowest BCUT2D eigenvalue weighted by Gasteiger charge is -2.29. The highest BCUT2D eigenvalue weighted by Gasteiger charge is 2.39. The van der Waals surface area contributed by atoms with E-state index in [1.165, 1.54) is 0 Å². The Bertz CT molecular complexity index is 1990. The summed E-state index contributed by atoms with van der Waals surface area (Å²) in [5.41, 5.74) is 5.91. The number of piperidine rings is 1. The average molecular weight is 720 g/mol. The Kier molecular flexibility index (Phi) is 11.9. The van der Waals surface area contributed by atoms with E-state index < -0.39 is 11.9 Å². The van der Waals surface area contributed by atoms with E-state index in [2.05, 4.69) is 10.3 Å². The van der Waals surface area contributed by atoms with E-state index in [0.717, 1.165) is 66.3 Å². The van der Waals surface area contributed by atoms with Gasteiger partial charge in [0.05, 0.1) is 0 Å². The standard InChI is InChI=1S/C42H42ClN3O6/c1-27-22-29(14-17-36(27)43)24-31(47)23-28-12-15-32(16-13-28)52-33-20-21-44-37(25-33)39(48)11-6-4-2-3-5-8-30-9-7-10-34-35(30)26-46(42(34)51)38-18-19-40(49)45-41(38)50/h7,9-10,12-17,20-22,25,38H,2-6,8,11,18-19,23-24,26H2,1H3,(H,45,49,50). The molecule has 3 heterocycles. The summed E-state index contributed by atoms with van der Waals surface area (Å²) in [5, 5.41) is 3.04. The van der Waals surface area contributed by atoms with Crippen LogP contribution in [0.1, 0.15) is 100 Å². The molecule has 1 atom stereocenters. The molecule has 3 amide bonds. The van der Waals surface area contributed by atoms with Crippen LogP contribution in [0.4, 0.5) is 0 Å².